The quantitative estimate of drug-likeness (QED) is 0.781. The summed E-state index contributed by atoms with van der Waals surface area (Å²) in [4.78, 5) is 12.1. The van der Waals surface area contributed by atoms with Crippen LogP contribution in [0.1, 0.15) is 27.0 Å². The second-order valence-electron chi connectivity index (χ2n) is 5.20. The molecule has 0 aliphatic rings. The SMILES string of the molecule is Cc1ccc(C(=O)NCc2c(C)ccc3n[nH]nc23)cc1F. The highest BCUT2D eigenvalue weighted by Crippen LogP contribution is 2.18. The standard InChI is InChI=1S/C16H15FN4O/c1-9-4-6-14-15(20-21-19-14)12(9)8-18-16(22)11-5-3-10(2)13(17)7-11/h3-7H,8H2,1-2H3,(H,18,22)(H,19,20,21). The fourth-order valence-corrected chi connectivity index (χ4v) is 2.30. The predicted molar refractivity (Wildman–Crippen MR) is 80.9 cm³/mol. The number of halogens is 1. The van der Waals surface area contributed by atoms with Crippen molar-refractivity contribution in [2.75, 3.05) is 0 Å². The van der Waals surface area contributed by atoms with Gasteiger partial charge in [0.05, 0.1) is 0 Å². The first-order chi connectivity index (χ1) is 10.6. The molecular formula is C16H15FN4O. The lowest BCUT2D eigenvalue weighted by Crippen LogP contribution is -2.23. The van der Waals surface area contributed by atoms with Gasteiger partial charge in [0.2, 0.25) is 0 Å². The van der Waals surface area contributed by atoms with Crippen LogP contribution in [0.5, 0.6) is 0 Å². The van der Waals surface area contributed by atoms with Crippen molar-refractivity contribution in [2.45, 2.75) is 20.4 Å². The van der Waals surface area contributed by atoms with E-state index >= 15 is 0 Å². The first kappa shape index (κ1) is 14.2. The van der Waals surface area contributed by atoms with Crippen molar-refractivity contribution < 1.29 is 9.18 Å². The van der Waals surface area contributed by atoms with Crippen LogP contribution in [0.25, 0.3) is 11.0 Å². The summed E-state index contributed by atoms with van der Waals surface area (Å²) in [7, 11) is 0. The third-order valence-corrected chi connectivity index (χ3v) is 3.69. The summed E-state index contributed by atoms with van der Waals surface area (Å²) >= 11 is 0. The Labute approximate surface area is 126 Å². The lowest BCUT2D eigenvalue weighted by atomic mass is 10.1. The smallest absolute Gasteiger partial charge is 0.251 e. The fraction of sp³-hybridized carbons (Fsp3) is 0.188. The highest BCUT2D eigenvalue weighted by Gasteiger charge is 2.12. The van der Waals surface area contributed by atoms with Gasteiger partial charge < -0.3 is 5.32 Å². The number of aryl methyl sites for hydroxylation is 2. The molecule has 22 heavy (non-hydrogen) atoms. The van der Waals surface area contributed by atoms with Crippen LogP contribution >= 0.6 is 0 Å². The lowest BCUT2D eigenvalue weighted by Gasteiger charge is -2.09. The molecule has 3 rings (SSSR count). The first-order valence-corrected chi connectivity index (χ1v) is 6.89. The van der Waals surface area contributed by atoms with Crippen LogP contribution in [0.4, 0.5) is 4.39 Å². The van der Waals surface area contributed by atoms with E-state index in [1.54, 1.807) is 19.1 Å². The van der Waals surface area contributed by atoms with Crippen LogP contribution in [0.2, 0.25) is 0 Å². The first-order valence-electron chi connectivity index (χ1n) is 6.89. The monoisotopic (exact) mass is 298 g/mol. The molecule has 0 radical (unpaired) electrons. The minimum Gasteiger partial charge on any atom is -0.348 e. The number of nitrogens with one attached hydrogen (secondary N) is 2. The van der Waals surface area contributed by atoms with Crippen LogP contribution in [0, 0.1) is 19.7 Å². The third-order valence-electron chi connectivity index (χ3n) is 3.69. The van der Waals surface area contributed by atoms with Gasteiger partial charge >= 0.3 is 0 Å². The summed E-state index contributed by atoms with van der Waals surface area (Å²) in [5.41, 5.74) is 4.20. The zero-order valence-electron chi connectivity index (χ0n) is 12.3. The molecule has 0 spiro atoms. The van der Waals surface area contributed by atoms with Crippen LogP contribution in [-0.4, -0.2) is 21.3 Å². The second kappa shape index (κ2) is 5.55. The van der Waals surface area contributed by atoms with E-state index in [0.29, 0.717) is 17.7 Å². The van der Waals surface area contributed by atoms with Gasteiger partial charge in [0.25, 0.3) is 5.91 Å². The Morgan fingerprint density at radius 1 is 1.18 bits per heavy atom. The number of carbonyl (C=O) groups excluding carboxylic acids is 1. The number of rotatable bonds is 3. The summed E-state index contributed by atoms with van der Waals surface area (Å²) in [5, 5.41) is 13.5. The average Bonchev–Trinajstić information content (AvgIpc) is 2.97. The van der Waals surface area contributed by atoms with Crippen molar-refractivity contribution in [3.05, 3.63) is 58.4 Å². The number of aromatic amines is 1. The van der Waals surface area contributed by atoms with E-state index in [4.69, 9.17) is 0 Å². The number of hydrogen-bond donors (Lipinski definition) is 2. The predicted octanol–water partition coefficient (Wildman–Crippen LogP) is 2.64. The Morgan fingerprint density at radius 3 is 2.73 bits per heavy atom. The molecule has 0 bridgehead atoms. The molecule has 0 unspecified atom stereocenters. The second-order valence-corrected chi connectivity index (χ2v) is 5.20. The molecule has 5 nitrogen and oxygen atoms in total. The molecule has 112 valence electrons. The van der Waals surface area contributed by atoms with Gasteiger partial charge in [0.1, 0.15) is 16.9 Å². The molecule has 0 aliphatic carbocycles. The Morgan fingerprint density at radius 2 is 1.95 bits per heavy atom. The van der Waals surface area contributed by atoms with Crippen molar-refractivity contribution in [3.63, 3.8) is 0 Å². The number of aromatic nitrogens is 3. The van der Waals surface area contributed by atoms with Crippen LogP contribution in [0.3, 0.4) is 0 Å². The molecule has 1 amide bonds. The fourth-order valence-electron chi connectivity index (χ4n) is 2.30. The lowest BCUT2D eigenvalue weighted by molar-refractivity contribution is 0.0950. The van der Waals surface area contributed by atoms with Gasteiger partial charge in [-0.3, -0.25) is 4.79 Å². The number of amides is 1. The maximum absolute atomic E-state index is 13.5. The summed E-state index contributed by atoms with van der Waals surface area (Å²) in [6.07, 6.45) is 0. The number of H-pyrrole nitrogens is 1. The molecule has 2 aromatic carbocycles. The van der Waals surface area contributed by atoms with Gasteiger partial charge in [0, 0.05) is 17.7 Å². The average molecular weight is 298 g/mol. The van der Waals surface area contributed by atoms with E-state index in [1.807, 2.05) is 19.1 Å². The summed E-state index contributed by atoms with van der Waals surface area (Å²) in [6, 6.07) is 8.24. The molecule has 0 fully saturated rings. The molecule has 3 aromatic rings. The van der Waals surface area contributed by atoms with Crippen LogP contribution in [0.15, 0.2) is 30.3 Å². The Kier molecular flexibility index (Phi) is 3.58. The minimum absolute atomic E-state index is 0.299. The van der Waals surface area contributed by atoms with E-state index in [0.717, 1.165) is 22.2 Å². The number of benzene rings is 2. The zero-order chi connectivity index (χ0) is 15.7. The minimum atomic E-state index is -0.387. The summed E-state index contributed by atoms with van der Waals surface area (Å²) < 4.78 is 13.5. The number of fused-ring (bicyclic) bond motifs is 1. The Hall–Kier alpha value is -2.76. The van der Waals surface area contributed by atoms with Gasteiger partial charge in [-0.2, -0.15) is 15.4 Å². The van der Waals surface area contributed by atoms with Crippen molar-refractivity contribution >= 4 is 16.9 Å². The highest BCUT2D eigenvalue weighted by molar-refractivity contribution is 5.94. The van der Waals surface area contributed by atoms with Gasteiger partial charge in [-0.15, -0.1) is 0 Å². The van der Waals surface area contributed by atoms with Crippen molar-refractivity contribution in [1.82, 2.24) is 20.7 Å². The van der Waals surface area contributed by atoms with Gasteiger partial charge in [-0.1, -0.05) is 12.1 Å². The number of nitrogens with zero attached hydrogens (tertiary/aromatic N) is 2. The van der Waals surface area contributed by atoms with E-state index in [-0.39, 0.29) is 11.7 Å². The Balaban J connectivity index is 1.81. The summed E-state index contributed by atoms with van der Waals surface area (Å²) in [5.74, 6) is -0.707. The molecule has 6 heteroatoms. The third kappa shape index (κ3) is 2.55. The Bertz CT molecular complexity index is 856. The van der Waals surface area contributed by atoms with Crippen LogP contribution in [-0.2, 0) is 6.54 Å². The highest BCUT2D eigenvalue weighted by atomic mass is 19.1. The van der Waals surface area contributed by atoms with Gasteiger partial charge in [-0.25, -0.2) is 4.39 Å². The van der Waals surface area contributed by atoms with E-state index in [2.05, 4.69) is 20.7 Å². The van der Waals surface area contributed by atoms with Crippen molar-refractivity contribution in [3.8, 4) is 0 Å². The number of carbonyl (C=O) groups is 1. The van der Waals surface area contributed by atoms with E-state index in [1.165, 1.54) is 6.07 Å². The van der Waals surface area contributed by atoms with Gasteiger partial charge in [-0.05, 0) is 43.2 Å². The topological polar surface area (TPSA) is 70.7 Å². The van der Waals surface area contributed by atoms with E-state index < -0.39 is 0 Å². The maximum Gasteiger partial charge on any atom is 0.251 e. The number of hydrogen-bond acceptors (Lipinski definition) is 3. The molecule has 0 atom stereocenters. The molecular weight excluding hydrogens is 283 g/mol. The zero-order valence-corrected chi connectivity index (χ0v) is 12.3. The van der Waals surface area contributed by atoms with Gasteiger partial charge in [0.15, 0.2) is 0 Å². The van der Waals surface area contributed by atoms with Crippen molar-refractivity contribution in [2.24, 2.45) is 0 Å². The summed E-state index contributed by atoms with van der Waals surface area (Å²) in [6.45, 7) is 3.91. The van der Waals surface area contributed by atoms with Crippen molar-refractivity contribution in [1.29, 1.82) is 0 Å². The molecule has 1 aromatic heterocycles. The molecule has 2 N–H and O–H groups in total. The molecule has 0 saturated carbocycles. The van der Waals surface area contributed by atoms with Crippen LogP contribution < -0.4 is 5.32 Å². The van der Waals surface area contributed by atoms with E-state index in [9.17, 15) is 9.18 Å². The normalized spacial score (nSPS) is 10.9. The molecule has 0 saturated heterocycles. The largest absolute Gasteiger partial charge is 0.348 e. The molecule has 1 heterocycles. The maximum atomic E-state index is 13.5. The molecule has 0 aliphatic heterocycles.